The zero-order valence-electron chi connectivity index (χ0n) is 11.5. The van der Waals surface area contributed by atoms with Crippen LogP contribution in [-0.2, 0) is 0 Å². The molecule has 2 atom stereocenters. The van der Waals surface area contributed by atoms with Crippen molar-refractivity contribution in [2.24, 2.45) is 5.92 Å². The standard InChI is InChI=1S/C16H24ClN/c1-12(2)11-15(16-5-3-4-10-18-16)13-6-8-14(17)9-7-13/h6-9,12,15-16,18H,3-5,10-11H2,1-2H3/t15-,16-/m1/s1. The number of hydrogen-bond donors (Lipinski definition) is 1. The van der Waals surface area contributed by atoms with E-state index in [9.17, 15) is 0 Å². The molecule has 0 saturated carbocycles. The third-order valence-corrected chi connectivity index (χ3v) is 4.11. The van der Waals surface area contributed by atoms with Crippen LogP contribution in [0.15, 0.2) is 24.3 Å². The molecule has 1 saturated heterocycles. The van der Waals surface area contributed by atoms with Gasteiger partial charge in [-0.2, -0.15) is 0 Å². The minimum Gasteiger partial charge on any atom is -0.313 e. The Balaban J connectivity index is 2.15. The first-order valence-corrected chi connectivity index (χ1v) is 7.53. The van der Waals surface area contributed by atoms with Crippen LogP contribution in [-0.4, -0.2) is 12.6 Å². The van der Waals surface area contributed by atoms with Gasteiger partial charge in [0.05, 0.1) is 0 Å². The summed E-state index contributed by atoms with van der Waals surface area (Å²) in [5.74, 6) is 1.36. The molecule has 0 aromatic heterocycles. The minimum atomic E-state index is 0.627. The summed E-state index contributed by atoms with van der Waals surface area (Å²) in [5, 5.41) is 4.54. The van der Waals surface area contributed by atoms with Crippen LogP contribution < -0.4 is 5.32 Å². The summed E-state index contributed by atoms with van der Waals surface area (Å²) >= 11 is 5.99. The van der Waals surface area contributed by atoms with Gasteiger partial charge in [-0.25, -0.2) is 0 Å². The predicted octanol–water partition coefficient (Wildman–Crippen LogP) is 4.61. The van der Waals surface area contributed by atoms with Gasteiger partial charge in [0.2, 0.25) is 0 Å². The second kappa shape index (κ2) is 6.58. The summed E-state index contributed by atoms with van der Waals surface area (Å²) in [5.41, 5.74) is 1.44. The third-order valence-electron chi connectivity index (χ3n) is 3.86. The first kappa shape index (κ1) is 13.9. The van der Waals surface area contributed by atoms with Gasteiger partial charge in [0.15, 0.2) is 0 Å². The number of rotatable bonds is 4. The molecule has 1 heterocycles. The van der Waals surface area contributed by atoms with E-state index in [2.05, 4.69) is 31.3 Å². The maximum absolute atomic E-state index is 5.99. The second-order valence-corrected chi connectivity index (χ2v) is 6.28. The molecule has 0 aliphatic carbocycles. The molecule has 1 nitrogen and oxygen atoms in total. The molecular weight excluding hydrogens is 242 g/mol. The van der Waals surface area contributed by atoms with Crippen LogP contribution in [0.25, 0.3) is 0 Å². The van der Waals surface area contributed by atoms with Crippen LogP contribution in [0.2, 0.25) is 5.02 Å². The van der Waals surface area contributed by atoms with Crippen LogP contribution in [0.3, 0.4) is 0 Å². The van der Waals surface area contributed by atoms with Crippen molar-refractivity contribution in [2.75, 3.05) is 6.54 Å². The Kier molecular flexibility index (Phi) is 5.08. The molecule has 1 fully saturated rings. The third kappa shape index (κ3) is 3.73. The average Bonchev–Trinajstić information content (AvgIpc) is 2.38. The summed E-state index contributed by atoms with van der Waals surface area (Å²) < 4.78 is 0. The van der Waals surface area contributed by atoms with E-state index in [1.165, 1.54) is 37.8 Å². The van der Waals surface area contributed by atoms with Crippen molar-refractivity contribution in [1.29, 1.82) is 0 Å². The molecule has 1 aliphatic rings. The van der Waals surface area contributed by atoms with Crippen molar-refractivity contribution in [1.82, 2.24) is 5.32 Å². The monoisotopic (exact) mass is 265 g/mol. The van der Waals surface area contributed by atoms with Gasteiger partial charge in [-0.1, -0.05) is 44.0 Å². The molecule has 1 aliphatic heterocycles. The van der Waals surface area contributed by atoms with Crippen molar-refractivity contribution in [3.63, 3.8) is 0 Å². The largest absolute Gasteiger partial charge is 0.313 e. The summed E-state index contributed by atoms with van der Waals surface area (Å²) in [7, 11) is 0. The summed E-state index contributed by atoms with van der Waals surface area (Å²) in [6.07, 6.45) is 5.24. The van der Waals surface area contributed by atoms with Crippen LogP contribution in [0, 0.1) is 5.92 Å². The van der Waals surface area contributed by atoms with Crippen LogP contribution in [0.4, 0.5) is 0 Å². The molecule has 100 valence electrons. The highest BCUT2D eigenvalue weighted by Gasteiger charge is 2.25. The Labute approximate surface area is 116 Å². The molecule has 0 spiro atoms. The van der Waals surface area contributed by atoms with Gasteiger partial charge in [-0.15, -0.1) is 0 Å². The highest BCUT2D eigenvalue weighted by Crippen LogP contribution is 2.31. The Morgan fingerprint density at radius 3 is 2.50 bits per heavy atom. The number of nitrogens with one attached hydrogen (secondary N) is 1. The highest BCUT2D eigenvalue weighted by molar-refractivity contribution is 6.30. The topological polar surface area (TPSA) is 12.0 Å². The maximum Gasteiger partial charge on any atom is 0.0406 e. The molecule has 1 aromatic rings. The molecule has 1 aromatic carbocycles. The second-order valence-electron chi connectivity index (χ2n) is 5.84. The van der Waals surface area contributed by atoms with E-state index in [1.54, 1.807) is 0 Å². The molecule has 0 radical (unpaired) electrons. The SMILES string of the molecule is CC(C)C[C@H](c1ccc(Cl)cc1)[C@H]1CCCCN1. The molecule has 18 heavy (non-hydrogen) atoms. The Bertz CT molecular complexity index is 352. The number of piperidine rings is 1. The quantitative estimate of drug-likeness (QED) is 0.838. The van der Waals surface area contributed by atoms with Gasteiger partial charge >= 0.3 is 0 Å². The Hall–Kier alpha value is -0.530. The fraction of sp³-hybridized carbons (Fsp3) is 0.625. The lowest BCUT2D eigenvalue weighted by molar-refractivity contribution is 0.318. The minimum absolute atomic E-state index is 0.627. The van der Waals surface area contributed by atoms with Gasteiger partial charge in [0.25, 0.3) is 0 Å². The first-order chi connectivity index (χ1) is 8.66. The van der Waals surface area contributed by atoms with E-state index in [0.717, 1.165) is 10.9 Å². The number of hydrogen-bond acceptors (Lipinski definition) is 1. The van der Waals surface area contributed by atoms with Crippen LogP contribution >= 0.6 is 11.6 Å². The predicted molar refractivity (Wildman–Crippen MR) is 79.3 cm³/mol. The van der Waals surface area contributed by atoms with Crippen molar-refractivity contribution in [3.05, 3.63) is 34.9 Å². The van der Waals surface area contributed by atoms with Crippen LogP contribution in [0.1, 0.15) is 51.0 Å². The first-order valence-electron chi connectivity index (χ1n) is 7.15. The van der Waals surface area contributed by atoms with E-state index < -0.39 is 0 Å². The molecular formula is C16H24ClN. The van der Waals surface area contributed by atoms with Gasteiger partial charge in [0.1, 0.15) is 0 Å². The van der Waals surface area contributed by atoms with Gasteiger partial charge in [-0.3, -0.25) is 0 Å². The molecule has 1 N–H and O–H groups in total. The number of benzene rings is 1. The van der Waals surface area contributed by atoms with E-state index in [-0.39, 0.29) is 0 Å². The van der Waals surface area contributed by atoms with Crippen molar-refractivity contribution < 1.29 is 0 Å². The lowest BCUT2D eigenvalue weighted by Gasteiger charge is -2.33. The molecule has 0 unspecified atom stereocenters. The molecule has 2 heteroatoms. The van der Waals surface area contributed by atoms with Crippen LogP contribution in [0.5, 0.6) is 0 Å². The molecule has 0 bridgehead atoms. The fourth-order valence-electron chi connectivity index (χ4n) is 2.97. The number of halogens is 1. The summed E-state index contributed by atoms with van der Waals surface area (Å²) in [4.78, 5) is 0. The van der Waals surface area contributed by atoms with Crippen molar-refractivity contribution in [2.45, 2.75) is 51.5 Å². The Morgan fingerprint density at radius 2 is 1.94 bits per heavy atom. The van der Waals surface area contributed by atoms with E-state index in [0.29, 0.717) is 12.0 Å². The molecule has 0 amide bonds. The lowest BCUT2D eigenvalue weighted by atomic mass is 9.81. The average molecular weight is 266 g/mol. The van der Waals surface area contributed by atoms with Crippen molar-refractivity contribution in [3.8, 4) is 0 Å². The van der Waals surface area contributed by atoms with E-state index >= 15 is 0 Å². The zero-order valence-corrected chi connectivity index (χ0v) is 12.2. The zero-order chi connectivity index (χ0) is 13.0. The molecule has 2 rings (SSSR count). The van der Waals surface area contributed by atoms with E-state index in [1.807, 2.05) is 12.1 Å². The Morgan fingerprint density at radius 1 is 1.22 bits per heavy atom. The van der Waals surface area contributed by atoms with E-state index in [4.69, 9.17) is 11.6 Å². The van der Waals surface area contributed by atoms with Crippen molar-refractivity contribution >= 4 is 11.6 Å². The maximum atomic E-state index is 5.99. The van der Waals surface area contributed by atoms with Gasteiger partial charge < -0.3 is 5.32 Å². The fourth-order valence-corrected chi connectivity index (χ4v) is 3.10. The van der Waals surface area contributed by atoms with Gasteiger partial charge in [0, 0.05) is 11.1 Å². The smallest absolute Gasteiger partial charge is 0.0406 e. The van der Waals surface area contributed by atoms with Gasteiger partial charge in [-0.05, 0) is 55.3 Å². The normalized spacial score (nSPS) is 22.1. The highest BCUT2D eigenvalue weighted by atomic mass is 35.5. The summed E-state index contributed by atoms with van der Waals surface area (Å²) in [6.45, 7) is 5.80. The lowest BCUT2D eigenvalue weighted by Crippen LogP contribution is -2.39. The summed E-state index contributed by atoms with van der Waals surface area (Å²) in [6, 6.07) is 9.08.